The molecule has 0 aromatic rings. The number of rotatable bonds is 3. The molecule has 0 saturated carbocycles. The van der Waals surface area contributed by atoms with Gasteiger partial charge in [-0.25, -0.2) is 0 Å². The van der Waals surface area contributed by atoms with E-state index in [1.54, 1.807) is 13.0 Å². The van der Waals surface area contributed by atoms with Gasteiger partial charge in [-0.2, -0.15) is 14.0 Å². The smallest absolute Gasteiger partial charge is 0.315 e. The van der Waals surface area contributed by atoms with Crippen molar-refractivity contribution in [3.63, 3.8) is 0 Å². The van der Waals surface area contributed by atoms with Crippen molar-refractivity contribution >= 4 is 5.91 Å². The Labute approximate surface area is 63.0 Å². The number of hydrogen-bond donors (Lipinski definition) is 1. The molecule has 0 aromatic carbocycles. The summed E-state index contributed by atoms with van der Waals surface area (Å²) in [4.78, 5) is 10.3. The standard InChI is InChI=1S/C6H8F2N2O/c1-2-4(3-9)10-6(11)5(7)8/h4-5H,2H2,1H3,(H,10,11). The van der Waals surface area contributed by atoms with Gasteiger partial charge in [0.25, 0.3) is 5.91 Å². The number of alkyl halides is 2. The average molecular weight is 162 g/mol. The van der Waals surface area contributed by atoms with Crippen LogP contribution in [-0.4, -0.2) is 18.4 Å². The predicted octanol–water partition coefficient (Wildman–Crippen LogP) is 0.670. The van der Waals surface area contributed by atoms with Crippen LogP contribution in [-0.2, 0) is 4.79 Å². The summed E-state index contributed by atoms with van der Waals surface area (Å²) in [5, 5.41) is 10.1. The molecule has 0 spiro atoms. The van der Waals surface area contributed by atoms with E-state index in [-0.39, 0.29) is 0 Å². The molecule has 0 saturated heterocycles. The second kappa shape index (κ2) is 4.61. The minimum Gasteiger partial charge on any atom is -0.335 e. The molecule has 1 N–H and O–H groups in total. The van der Waals surface area contributed by atoms with Crippen molar-refractivity contribution in [1.29, 1.82) is 5.26 Å². The number of carbonyl (C=O) groups excluding carboxylic acids is 1. The predicted molar refractivity (Wildman–Crippen MR) is 33.8 cm³/mol. The Morgan fingerprint density at radius 3 is 2.55 bits per heavy atom. The maximum atomic E-state index is 11.5. The summed E-state index contributed by atoms with van der Waals surface area (Å²) in [7, 11) is 0. The van der Waals surface area contributed by atoms with Crippen molar-refractivity contribution in [2.45, 2.75) is 25.8 Å². The van der Waals surface area contributed by atoms with Crippen LogP contribution in [0.2, 0.25) is 0 Å². The topological polar surface area (TPSA) is 52.9 Å². The molecule has 0 bridgehead atoms. The first-order valence-corrected chi connectivity index (χ1v) is 3.10. The molecule has 62 valence electrons. The molecule has 0 fully saturated rings. The van der Waals surface area contributed by atoms with Crippen LogP contribution in [0.5, 0.6) is 0 Å². The SMILES string of the molecule is CCC(C#N)NC(=O)C(F)F. The van der Waals surface area contributed by atoms with Crippen LogP contribution in [0.3, 0.4) is 0 Å². The lowest BCUT2D eigenvalue weighted by molar-refractivity contribution is -0.132. The van der Waals surface area contributed by atoms with Crippen LogP contribution < -0.4 is 5.32 Å². The molecule has 0 radical (unpaired) electrons. The van der Waals surface area contributed by atoms with Crippen molar-refractivity contribution in [2.24, 2.45) is 0 Å². The van der Waals surface area contributed by atoms with Crippen molar-refractivity contribution < 1.29 is 13.6 Å². The molecule has 0 aromatic heterocycles. The van der Waals surface area contributed by atoms with Gasteiger partial charge >= 0.3 is 6.43 Å². The first-order chi connectivity index (χ1) is 5.11. The second-order valence-corrected chi connectivity index (χ2v) is 1.90. The first kappa shape index (κ1) is 9.82. The third kappa shape index (κ3) is 3.50. The summed E-state index contributed by atoms with van der Waals surface area (Å²) < 4.78 is 23.1. The highest BCUT2D eigenvalue weighted by atomic mass is 19.3. The number of nitrogens with one attached hydrogen (secondary N) is 1. The maximum absolute atomic E-state index is 11.5. The zero-order valence-corrected chi connectivity index (χ0v) is 5.97. The van der Waals surface area contributed by atoms with Gasteiger partial charge in [0.15, 0.2) is 0 Å². The highest BCUT2D eigenvalue weighted by Gasteiger charge is 2.17. The summed E-state index contributed by atoms with van der Waals surface area (Å²) in [6, 6.07) is 0.863. The molecule has 3 nitrogen and oxygen atoms in total. The van der Waals surface area contributed by atoms with Crippen LogP contribution in [0.1, 0.15) is 13.3 Å². The number of nitriles is 1. The van der Waals surface area contributed by atoms with Crippen LogP contribution in [0, 0.1) is 11.3 Å². The summed E-state index contributed by atoms with van der Waals surface area (Å²) in [6.07, 6.45) is -2.72. The summed E-state index contributed by atoms with van der Waals surface area (Å²) in [5.74, 6) is -1.39. The van der Waals surface area contributed by atoms with E-state index in [4.69, 9.17) is 5.26 Å². The van der Waals surface area contributed by atoms with Gasteiger partial charge in [-0.05, 0) is 6.42 Å². The molecule has 1 amide bonds. The normalized spacial score (nSPS) is 12.3. The van der Waals surface area contributed by atoms with Crippen molar-refractivity contribution in [2.75, 3.05) is 0 Å². The van der Waals surface area contributed by atoms with Crippen LogP contribution >= 0.6 is 0 Å². The molecule has 0 heterocycles. The molecule has 1 atom stereocenters. The van der Waals surface area contributed by atoms with Crippen molar-refractivity contribution in [3.8, 4) is 6.07 Å². The van der Waals surface area contributed by atoms with E-state index in [1.165, 1.54) is 0 Å². The molecule has 0 rings (SSSR count). The van der Waals surface area contributed by atoms with E-state index in [1.807, 2.05) is 5.32 Å². The minimum absolute atomic E-state index is 0.328. The van der Waals surface area contributed by atoms with Gasteiger partial charge in [-0.15, -0.1) is 0 Å². The van der Waals surface area contributed by atoms with Crippen LogP contribution in [0.25, 0.3) is 0 Å². The average Bonchev–Trinajstić information content (AvgIpc) is 1.99. The Morgan fingerprint density at radius 2 is 2.27 bits per heavy atom. The van der Waals surface area contributed by atoms with Gasteiger partial charge < -0.3 is 5.32 Å². The van der Waals surface area contributed by atoms with Gasteiger partial charge in [0.1, 0.15) is 6.04 Å². The molecule has 5 heteroatoms. The highest BCUT2D eigenvalue weighted by molar-refractivity contribution is 5.79. The lowest BCUT2D eigenvalue weighted by Gasteiger charge is -2.07. The Balaban J connectivity index is 3.84. The molecule has 0 aliphatic carbocycles. The lowest BCUT2D eigenvalue weighted by Crippen LogP contribution is -2.37. The zero-order chi connectivity index (χ0) is 8.85. The van der Waals surface area contributed by atoms with E-state index >= 15 is 0 Å². The fraction of sp³-hybridized carbons (Fsp3) is 0.667. The summed E-state index contributed by atoms with van der Waals surface area (Å²) in [5.41, 5.74) is 0. The van der Waals surface area contributed by atoms with Gasteiger partial charge in [0, 0.05) is 0 Å². The number of amides is 1. The second-order valence-electron chi connectivity index (χ2n) is 1.90. The van der Waals surface area contributed by atoms with Gasteiger partial charge in [-0.3, -0.25) is 4.79 Å². The van der Waals surface area contributed by atoms with E-state index in [0.29, 0.717) is 6.42 Å². The van der Waals surface area contributed by atoms with Crippen LogP contribution in [0.4, 0.5) is 8.78 Å². The van der Waals surface area contributed by atoms with Gasteiger partial charge in [-0.1, -0.05) is 6.92 Å². The number of halogens is 2. The Bertz CT molecular complexity index is 176. The highest BCUT2D eigenvalue weighted by Crippen LogP contribution is 1.94. The molecule has 11 heavy (non-hydrogen) atoms. The largest absolute Gasteiger partial charge is 0.335 e. The third-order valence-electron chi connectivity index (χ3n) is 1.08. The van der Waals surface area contributed by atoms with Crippen molar-refractivity contribution in [3.05, 3.63) is 0 Å². The monoisotopic (exact) mass is 162 g/mol. The fourth-order valence-electron chi connectivity index (χ4n) is 0.460. The fourth-order valence-corrected chi connectivity index (χ4v) is 0.460. The molecular weight excluding hydrogens is 154 g/mol. The Hall–Kier alpha value is -1.18. The van der Waals surface area contributed by atoms with E-state index in [2.05, 4.69) is 0 Å². The summed E-state index contributed by atoms with van der Waals surface area (Å²) >= 11 is 0. The molecule has 1 unspecified atom stereocenters. The minimum atomic E-state index is -3.04. The summed E-state index contributed by atoms with van der Waals surface area (Å²) in [6.45, 7) is 1.62. The Morgan fingerprint density at radius 1 is 1.73 bits per heavy atom. The zero-order valence-electron chi connectivity index (χ0n) is 5.97. The molecule has 0 aliphatic heterocycles. The van der Waals surface area contributed by atoms with Crippen molar-refractivity contribution in [1.82, 2.24) is 5.32 Å². The van der Waals surface area contributed by atoms with E-state index in [9.17, 15) is 13.6 Å². The van der Waals surface area contributed by atoms with Gasteiger partial charge in [0.05, 0.1) is 6.07 Å². The maximum Gasteiger partial charge on any atom is 0.315 e. The third-order valence-corrected chi connectivity index (χ3v) is 1.08. The van der Waals surface area contributed by atoms with E-state index in [0.717, 1.165) is 0 Å². The number of nitrogens with zero attached hydrogens (tertiary/aromatic N) is 1. The Kier molecular flexibility index (Phi) is 4.11. The van der Waals surface area contributed by atoms with Gasteiger partial charge in [0.2, 0.25) is 0 Å². The quantitative estimate of drug-likeness (QED) is 0.663. The molecule has 0 aliphatic rings. The number of carbonyl (C=O) groups is 1. The molecular formula is C6H8F2N2O. The van der Waals surface area contributed by atoms with E-state index < -0.39 is 18.4 Å². The number of hydrogen-bond acceptors (Lipinski definition) is 2. The van der Waals surface area contributed by atoms with Crippen LogP contribution in [0.15, 0.2) is 0 Å². The lowest BCUT2D eigenvalue weighted by atomic mass is 10.2. The first-order valence-electron chi connectivity index (χ1n) is 3.10.